The molecule has 1 saturated carbocycles. The second-order valence-corrected chi connectivity index (χ2v) is 5.91. The average Bonchev–Trinajstić information content (AvgIpc) is 2.69. The van der Waals surface area contributed by atoms with Crippen LogP contribution in [0, 0.1) is 5.41 Å². The minimum atomic E-state index is -0.148. The van der Waals surface area contributed by atoms with Crippen molar-refractivity contribution >= 4 is 5.91 Å². The van der Waals surface area contributed by atoms with E-state index in [9.17, 15) is 4.79 Å². The normalized spacial score (nSPS) is 30.9. The highest BCUT2D eigenvalue weighted by molar-refractivity contribution is 5.77. The molecule has 1 aliphatic heterocycles. The van der Waals surface area contributed by atoms with Crippen molar-refractivity contribution in [2.75, 3.05) is 19.7 Å². The smallest absolute Gasteiger partial charge is 0.220 e. The number of hydrogen-bond acceptors (Lipinski definition) is 3. The van der Waals surface area contributed by atoms with Crippen LogP contribution >= 0.6 is 0 Å². The molecule has 2 aliphatic rings. The Morgan fingerprint density at radius 2 is 2.12 bits per heavy atom. The van der Waals surface area contributed by atoms with E-state index in [1.54, 1.807) is 0 Å². The molecule has 2 rings (SSSR count). The van der Waals surface area contributed by atoms with Crippen molar-refractivity contribution in [2.45, 2.75) is 51.0 Å². The summed E-state index contributed by atoms with van der Waals surface area (Å²) in [6.45, 7) is 4.15. The summed E-state index contributed by atoms with van der Waals surface area (Å²) < 4.78 is 5.65. The summed E-state index contributed by atoms with van der Waals surface area (Å²) >= 11 is 0. The highest BCUT2D eigenvalue weighted by Gasteiger charge is 2.38. The van der Waals surface area contributed by atoms with Gasteiger partial charge in [0, 0.05) is 19.6 Å². The molecule has 4 nitrogen and oxygen atoms in total. The summed E-state index contributed by atoms with van der Waals surface area (Å²) in [6.07, 6.45) is 6.13. The van der Waals surface area contributed by atoms with E-state index in [0.29, 0.717) is 19.5 Å². The number of nitrogens with one attached hydrogen (secondary N) is 1. The van der Waals surface area contributed by atoms with Crippen LogP contribution in [0.15, 0.2) is 0 Å². The van der Waals surface area contributed by atoms with Crippen molar-refractivity contribution in [3.05, 3.63) is 0 Å². The number of amides is 1. The Bertz CT molecular complexity index is 276. The fourth-order valence-corrected chi connectivity index (χ4v) is 2.79. The predicted octanol–water partition coefficient (Wildman–Crippen LogP) is 1.19. The molecule has 1 unspecified atom stereocenters. The quantitative estimate of drug-likeness (QED) is 0.758. The summed E-state index contributed by atoms with van der Waals surface area (Å²) in [6, 6.07) is 0. The van der Waals surface area contributed by atoms with Gasteiger partial charge in [-0.15, -0.1) is 0 Å². The number of carbonyl (C=O) groups excluding carboxylic acids is 1. The van der Waals surface area contributed by atoms with Crippen molar-refractivity contribution in [1.29, 1.82) is 0 Å². The van der Waals surface area contributed by atoms with Gasteiger partial charge in [0.05, 0.1) is 5.60 Å². The van der Waals surface area contributed by atoms with Crippen LogP contribution in [-0.2, 0) is 9.53 Å². The maximum Gasteiger partial charge on any atom is 0.220 e. The summed E-state index contributed by atoms with van der Waals surface area (Å²) in [5.41, 5.74) is 5.71. The molecule has 1 amide bonds. The van der Waals surface area contributed by atoms with Gasteiger partial charge in [-0.1, -0.05) is 6.42 Å². The van der Waals surface area contributed by atoms with Gasteiger partial charge in [-0.2, -0.15) is 0 Å². The molecule has 0 aromatic rings. The van der Waals surface area contributed by atoms with Crippen LogP contribution in [-0.4, -0.2) is 31.2 Å². The summed E-state index contributed by atoms with van der Waals surface area (Å²) in [5.74, 6) is 0.131. The first kappa shape index (κ1) is 12.8. The van der Waals surface area contributed by atoms with Gasteiger partial charge in [-0.05, 0) is 44.6 Å². The lowest BCUT2D eigenvalue weighted by Crippen LogP contribution is -2.45. The Kier molecular flexibility index (Phi) is 3.73. The predicted molar refractivity (Wildman–Crippen MR) is 66.6 cm³/mol. The second-order valence-electron chi connectivity index (χ2n) is 5.91. The first-order valence-electron chi connectivity index (χ1n) is 6.68. The van der Waals surface area contributed by atoms with Crippen LogP contribution in [0.5, 0.6) is 0 Å². The van der Waals surface area contributed by atoms with Gasteiger partial charge in [0.15, 0.2) is 0 Å². The van der Waals surface area contributed by atoms with Crippen LogP contribution in [0.4, 0.5) is 0 Å². The molecule has 0 aromatic carbocycles. The molecular formula is C13H24N2O2. The molecule has 1 atom stereocenters. The highest BCUT2D eigenvalue weighted by Crippen LogP contribution is 2.42. The first-order valence-corrected chi connectivity index (χ1v) is 6.68. The molecule has 1 aliphatic carbocycles. The lowest BCUT2D eigenvalue weighted by atomic mass is 9.66. The molecule has 1 saturated heterocycles. The molecule has 17 heavy (non-hydrogen) atoms. The number of rotatable bonds is 5. The molecule has 1 heterocycles. The number of nitrogens with two attached hydrogens (primary N) is 1. The fourth-order valence-electron chi connectivity index (χ4n) is 2.79. The zero-order valence-electron chi connectivity index (χ0n) is 10.8. The SMILES string of the molecule is CC1(CNC(=O)CC2(CN)CCC2)CCCO1. The molecule has 4 heteroatoms. The zero-order chi connectivity index (χ0) is 12.4. The number of carbonyl (C=O) groups is 1. The standard InChI is InChI=1S/C13H24N2O2/c1-12(4-3-7-17-12)10-15-11(16)8-13(9-14)5-2-6-13/h2-10,14H2,1H3,(H,15,16). The number of ether oxygens (including phenoxy) is 1. The van der Waals surface area contributed by atoms with Crippen LogP contribution in [0.25, 0.3) is 0 Å². The van der Waals surface area contributed by atoms with Crippen LogP contribution in [0.2, 0.25) is 0 Å². The third-order valence-corrected chi connectivity index (χ3v) is 4.34. The maximum absolute atomic E-state index is 11.9. The van der Waals surface area contributed by atoms with Crippen molar-refractivity contribution in [3.8, 4) is 0 Å². The highest BCUT2D eigenvalue weighted by atomic mass is 16.5. The number of hydrogen-bond donors (Lipinski definition) is 2. The van der Waals surface area contributed by atoms with E-state index in [4.69, 9.17) is 10.5 Å². The minimum Gasteiger partial charge on any atom is -0.373 e. The molecule has 0 bridgehead atoms. The van der Waals surface area contributed by atoms with Gasteiger partial charge in [-0.25, -0.2) is 0 Å². The molecule has 0 spiro atoms. The van der Waals surface area contributed by atoms with Gasteiger partial charge in [-0.3, -0.25) is 4.79 Å². The van der Waals surface area contributed by atoms with E-state index < -0.39 is 0 Å². The molecule has 2 fully saturated rings. The van der Waals surface area contributed by atoms with Crippen LogP contribution < -0.4 is 11.1 Å². The van der Waals surface area contributed by atoms with E-state index in [1.165, 1.54) is 6.42 Å². The van der Waals surface area contributed by atoms with E-state index in [-0.39, 0.29) is 16.9 Å². The summed E-state index contributed by atoms with van der Waals surface area (Å²) in [4.78, 5) is 11.9. The lowest BCUT2D eigenvalue weighted by molar-refractivity contribution is -0.126. The molecule has 98 valence electrons. The lowest BCUT2D eigenvalue weighted by Gasteiger charge is -2.40. The van der Waals surface area contributed by atoms with Gasteiger partial charge >= 0.3 is 0 Å². The molecule has 3 N–H and O–H groups in total. The van der Waals surface area contributed by atoms with Crippen molar-refractivity contribution in [2.24, 2.45) is 11.1 Å². The van der Waals surface area contributed by atoms with E-state index >= 15 is 0 Å². The van der Waals surface area contributed by atoms with Crippen LogP contribution in [0.1, 0.15) is 45.4 Å². The summed E-state index contributed by atoms with van der Waals surface area (Å²) in [7, 11) is 0. The Morgan fingerprint density at radius 1 is 1.35 bits per heavy atom. The van der Waals surface area contributed by atoms with E-state index in [0.717, 1.165) is 32.3 Å². The van der Waals surface area contributed by atoms with E-state index in [2.05, 4.69) is 12.2 Å². The Labute approximate surface area is 103 Å². The molecule has 0 aromatic heterocycles. The van der Waals surface area contributed by atoms with Gasteiger partial charge in [0.1, 0.15) is 0 Å². The Hall–Kier alpha value is -0.610. The third kappa shape index (κ3) is 2.99. The molecular weight excluding hydrogens is 216 g/mol. The van der Waals surface area contributed by atoms with E-state index in [1.807, 2.05) is 0 Å². The second kappa shape index (κ2) is 4.94. The van der Waals surface area contributed by atoms with Crippen LogP contribution in [0.3, 0.4) is 0 Å². The first-order chi connectivity index (χ1) is 8.08. The maximum atomic E-state index is 11.9. The van der Waals surface area contributed by atoms with Crippen molar-refractivity contribution < 1.29 is 9.53 Å². The van der Waals surface area contributed by atoms with Gasteiger partial charge in [0.2, 0.25) is 5.91 Å². The largest absolute Gasteiger partial charge is 0.373 e. The van der Waals surface area contributed by atoms with Gasteiger partial charge in [0.25, 0.3) is 0 Å². The summed E-state index contributed by atoms with van der Waals surface area (Å²) in [5, 5.41) is 3.00. The topological polar surface area (TPSA) is 64.4 Å². The van der Waals surface area contributed by atoms with Gasteiger partial charge < -0.3 is 15.8 Å². The average molecular weight is 240 g/mol. The Morgan fingerprint density at radius 3 is 2.59 bits per heavy atom. The minimum absolute atomic E-state index is 0.0987. The molecule has 0 radical (unpaired) electrons. The van der Waals surface area contributed by atoms with Crippen molar-refractivity contribution in [1.82, 2.24) is 5.32 Å². The monoisotopic (exact) mass is 240 g/mol. The Balaban J connectivity index is 1.74. The van der Waals surface area contributed by atoms with Crippen molar-refractivity contribution in [3.63, 3.8) is 0 Å². The zero-order valence-corrected chi connectivity index (χ0v) is 10.8. The fraction of sp³-hybridized carbons (Fsp3) is 0.923. The third-order valence-electron chi connectivity index (χ3n) is 4.34.